The van der Waals surface area contributed by atoms with Crippen LogP contribution in [0.15, 0.2) is 217 Å². The van der Waals surface area contributed by atoms with Crippen molar-refractivity contribution >= 4 is 43.6 Å². The normalized spacial score (nSPS) is 13.2. The Hall–Kier alpha value is -8.67. The van der Waals surface area contributed by atoms with Crippen LogP contribution in [-0.2, 0) is 5.41 Å². The van der Waals surface area contributed by atoms with Crippen LogP contribution >= 0.6 is 0 Å². The first-order valence-electron chi connectivity index (χ1n) is 22.0. The summed E-state index contributed by atoms with van der Waals surface area (Å²) in [5.74, 6) is 2.42. The van der Waals surface area contributed by atoms with Crippen molar-refractivity contribution in [3.05, 3.63) is 235 Å². The van der Waals surface area contributed by atoms with Gasteiger partial charge in [-0.3, -0.25) is 0 Å². The molecular formula is C60H35N3O2. The minimum Gasteiger partial charge on any atom is -0.457 e. The van der Waals surface area contributed by atoms with E-state index in [1.807, 2.05) is 36.4 Å². The van der Waals surface area contributed by atoms with Crippen molar-refractivity contribution in [3.63, 3.8) is 0 Å². The van der Waals surface area contributed by atoms with E-state index < -0.39 is 5.41 Å². The fraction of sp³-hybridized carbons (Fsp3) is 0.0167. The summed E-state index contributed by atoms with van der Waals surface area (Å²) in [6.45, 7) is 0. The minimum atomic E-state index is -0.567. The average Bonchev–Trinajstić information content (AvgIpc) is 3.90. The summed E-state index contributed by atoms with van der Waals surface area (Å²) in [4.78, 5) is 15.8. The van der Waals surface area contributed by atoms with E-state index in [0.29, 0.717) is 5.82 Å². The number of aromatic nitrogens is 3. The van der Waals surface area contributed by atoms with Crippen molar-refractivity contribution in [2.75, 3.05) is 0 Å². The first kappa shape index (κ1) is 35.9. The average molecular weight is 830 g/mol. The van der Waals surface area contributed by atoms with Crippen molar-refractivity contribution in [3.8, 4) is 67.8 Å². The van der Waals surface area contributed by atoms with Crippen molar-refractivity contribution in [2.45, 2.75) is 5.41 Å². The van der Waals surface area contributed by atoms with Crippen LogP contribution in [0.5, 0.6) is 11.5 Å². The van der Waals surface area contributed by atoms with Gasteiger partial charge >= 0.3 is 0 Å². The molecule has 9 aromatic carbocycles. The molecule has 14 rings (SSSR count). The number of rotatable bonds is 4. The number of furan rings is 1. The van der Waals surface area contributed by atoms with Gasteiger partial charge in [0.15, 0.2) is 5.82 Å². The van der Waals surface area contributed by atoms with Crippen LogP contribution in [-0.4, -0.2) is 15.0 Å². The van der Waals surface area contributed by atoms with Crippen LogP contribution in [0.2, 0.25) is 0 Å². The minimum absolute atomic E-state index is 0.567. The summed E-state index contributed by atoms with van der Waals surface area (Å²) in [6, 6.07) is 74.6. The number of para-hydroxylation sites is 5. The van der Waals surface area contributed by atoms with E-state index in [1.165, 1.54) is 27.6 Å². The van der Waals surface area contributed by atoms with Crippen LogP contribution in [0.4, 0.5) is 0 Å². The summed E-state index contributed by atoms with van der Waals surface area (Å²) < 4.78 is 13.1. The van der Waals surface area contributed by atoms with Gasteiger partial charge in [-0.05, 0) is 58.7 Å². The molecule has 5 nitrogen and oxygen atoms in total. The third kappa shape index (κ3) is 5.12. The van der Waals surface area contributed by atoms with Gasteiger partial charge < -0.3 is 9.15 Å². The zero-order valence-corrected chi connectivity index (χ0v) is 34.9. The molecule has 0 amide bonds. The van der Waals surface area contributed by atoms with Crippen LogP contribution in [0.3, 0.4) is 0 Å². The molecule has 0 N–H and O–H groups in total. The third-order valence-electron chi connectivity index (χ3n) is 13.6. The van der Waals surface area contributed by atoms with Crippen molar-refractivity contribution in [1.82, 2.24) is 15.0 Å². The van der Waals surface area contributed by atoms with E-state index in [1.54, 1.807) is 0 Å². The predicted octanol–water partition coefficient (Wildman–Crippen LogP) is 15.2. The Morgan fingerprint density at radius 3 is 1.83 bits per heavy atom. The second kappa shape index (κ2) is 13.7. The van der Waals surface area contributed by atoms with E-state index in [2.05, 4.69) is 176 Å². The molecule has 0 fully saturated rings. The van der Waals surface area contributed by atoms with E-state index in [0.717, 1.165) is 100 Å². The van der Waals surface area contributed by atoms with Gasteiger partial charge in [-0.2, -0.15) is 0 Å². The van der Waals surface area contributed by atoms with Crippen LogP contribution in [0.25, 0.3) is 99.9 Å². The quantitative estimate of drug-likeness (QED) is 0.165. The molecule has 1 spiro atoms. The smallest absolute Gasteiger partial charge is 0.160 e. The van der Waals surface area contributed by atoms with Gasteiger partial charge in [0.25, 0.3) is 0 Å². The molecule has 0 unspecified atom stereocenters. The molecule has 12 aromatic rings. The number of ether oxygens (including phenoxy) is 1. The lowest BCUT2D eigenvalue weighted by Crippen LogP contribution is -2.32. The van der Waals surface area contributed by atoms with Crippen molar-refractivity contribution in [1.29, 1.82) is 0 Å². The summed E-state index contributed by atoms with van der Waals surface area (Å²) >= 11 is 0. The first-order valence-corrected chi connectivity index (χ1v) is 22.0. The topological polar surface area (TPSA) is 61.0 Å². The molecule has 65 heavy (non-hydrogen) atoms. The maximum atomic E-state index is 6.63. The molecule has 0 atom stereocenters. The fourth-order valence-electron chi connectivity index (χ4n) is 10.8. The number of hydrogen-bond donors (Lipinski definition) is 0. The zero-order chi connectivity index (χ0) is 42.6. The highest BCUT2D eigenvalue weighted by atomic mass is 16.5. The monoisotopic (exact) mass is 829 g/mol. The highest BCUT2D eigenvalue weighted by molar-refractivity contribution is 6.19. The molecule has 0 bridgehead atoms. The number of nitrogens with zero attached hydrogens (tertiary/aromatic N) is 3. The van der Waals surface area contributed by atoms with E-state index >= 15 is 0 Å². The predicted molar refractivity (Wildman–Crippen MR) is 261 cm³/mol. The lowest BCUT2D eigenvalue weighted by atomic mass is 9.66. The maximum absolute atomic E-state index is 6.63. The number of hydrogen-bond acceptors (Lipinski definition) is 5. The van der Waals surface area contributed by atoms with Gasteiger partial charge in [-0.15, -0.1) is 0 Å². The molecular weight excluding hydrogens is 795 g/mol. The molecule has 1 aliphatic heterocycles. The zero-order valence-electron chi connectivity index (χ0n) is 34.9. The lowest BCUT2D eigenvalue weighted by Gasteiger charge is -2.39. The fourth-order valence-corrected chi connectivity index (χ4v) is 10.8. The summed E-state index contributed by atoms with van der Waals surface area (Å²) in [5, 5.41) is 5.57. The van der Waals surface area contributed by atoms with E-state index in [-0.39, 0.29) is 0 Å². The van der Waals surface area contributed by atoms with Crippen LogP contribution in [0, 0.1) is 0 Å². The van der Waals surface area contributed by atoms with Crippen molar-refractivity contribution in [2.24, 2.45) is 0 Å². The highest BCUT2D eigenvalue weighted by Crippen LogP contribution is 2.63. The SMILES string of the molecule is c1ccc(-c2nc(-c3ccc(-c4nc5ccccc5c5c6c(ccc45)C4(c5ccccc5Oc5ccccc54)c4ccccc4-6)cc3)cc(-c3cccc4c3oc3ccccc34)n2)cc1. The van der Waals surface area contributed by atoms with Gasteiger partial charge in [-0.1, -0.05) is 176 Å². The van der Waals surface area contributed by atoms with E-state index in [4.69, 9.17) is 24.1 Å². The van der Waals surface area contributed by atoms with Crippen LogP contribution < -0.4 is 4.74 Å². The molecule has 5 heteroatoms. The number of fused-ring (bicyclic) bond motifs is 16. The Balaban J connectivity index is 0.963. The van der Waals surface area contributed by atoms with Gasteiger partial charge in [0.1, 0.15) is 22.7 Å². The van der Waals surface area contributed by atoms with Gasteiger partial charge in [0, 0.05) is 60.3 Å². The Morgan fingerprint density at radius 1 is 0.385 bits per heavy atom. The van der Waals surface area contributed by atoms with Crippen LogP contribution in [0.1, 0.15) is 22.3 Å². The van der Waals surface area contributed by atoms with Crippen molar-refractivity contribution < 1.29 is 9.15 Å². The van der Waals surface area contributed by atoms with Gasteiger partial charge in [-0.25, -0.2) is 15.0 Å². The molecule has 302 valence electrons. The highest BCUT2D eigenvalue weighted by Gasteiger charge is 2.51. The van der Waals surface area contributed by atoms with Gasteiger partial charge in [0.2, 0.25) is 0 Å². The molecule has 4 heterocycles. The van der Waals surface area contributed by atoms with E-state index in [9.17, 15) is 0 Å². The van der Waals surface area contributed by atoms with Gasteiger partial charge in [0.05, 0.1) is 28.0 Å². The first-order chi connectivity index (χ1) is 32.2. The maximum Gasteiger partial charge on any atom is 0.160 e. The Kier molecular flexibility index (Phi) is 7.54. The second-order valence-corrected chi connectivity index (χ2v) is 17.0. The molecule has 0 radical (unpaired) electrons. The Morgan fingerprint density at radius 2 is 1.02 bits per heavy atom. The largest absolute Gasteiger partial charge is 0.457 e. The summed E-state index contributed by atoms with van der Waals surface area (Å²) in [5.41, 5.74) is 15.7. The molecule has 0 saturated heterocycles. The molecule has 1 aliphatic carbocycles. The third-order valence-corrected chi connectivity index (χ3v) is 13.6. The number of benzene rings is 9. The number of pyridine rings is 1. The summed E-state index contributed by atoms with van der Waals surface area (Å²) in [6.07, 6.45) is 0. The second-order valence-electron chi connectivity index (χ2n) is 17.0. The molecule has 3 aromatic heterocycles. The Labute approximate surface area is 373 Å². The Bertz CT molecular complexity index is 3880. The molecule has 0 saturated carbocycles. The standard InChI is InChI=1S/C60H35N3O2/c1-2-15-38(16-3-1)59-62-50(35-51(63-59)43-21-14-20-40-39-17-6-11-26-52(39)65-58(40)43)36-29-31-37(32-30-36)57-44-33-34-48-56(55(44)42-19-5-10-25-49(42)61-57)41-18-4-7-22-45(41)60(48)46-23-8-12-27-53(46)64-54-28-13-9-24-47(54)60/h1-35H. The lowest BCUT2D eigenvalue weighted by molar-refractivity contribution is 0.436. The summed E-state index contributed by atoms with van der Waals surface area (Å²) in [7, 11) is 0. The molecule has 2 aliphatic rings.